The van der Waals surface area contributed by atoms with E-state index in [1.54, 1.807) is 19.1 Å². The molecule has 2 aromatic rings. The van der Waals surface area contributed by atoms with E-state index < -0.39 is 18.0 Å². The number of carbonyl (C=O) groups is 2. The Morgan fingerprint density at radius 3 is 2.40 bits per heavy atom. The van der Waals surface area contributed by atoms with Crippen LogP contribution in [0.3, 0.4) is 0 Å². The number of urea groups is 1. The molecule has 0 aliphatic carbocycles. The maximum Gasteiger partial charge on any atom is 0.338 e. The number of hydrogen-bond acceptors (Lipinski definition) is 5. The van der Waals surface area contributed by atoms with Gasteiger partial charge in [-0.1, -0.05) is 30.3 Å². The van der Waals surface area contributed by atoms with Crippen LogP contribution in [0.25, 0.3) is 0 Å². The largest absolute Gasteiger partial charge is 0.496 e. The molecule has 158 valence electrons. The number of nitrogens with one attached hydrogen (secondary N) is 2. The van der Waals surface area contributed by atoms with Gasteiger partial charge in [-0.15, -0.1) is 0 Å². The third kappa shape index (κ3) is 4.59. The molecule has 0 aromatic heterocycles. The van der Waals surface area contributed by atoms with Gasteiger partial charge in [0, 0.05) is 17.7 Å². The Bertz CT molecular complexity index is 975. The first kappa shape index (κ1) is 21.7. The van der Waals surface area contributed by atoms with Crippen LogP contribution < -0.4 is 20.1 Å². The number of halogens is 1. The summed E-state index contributed by atoms with van der Waals surface area (Å²) >= 11 is 3.52. The summed E-state index contributed by atoms with van der Waals surface area (Å²) in [5.41, 5.74) is 2.36. The molecule has 0 bridgehead atoms. The number of hydrogen-bond donors (Lipinski definition) is 2. The molecule has 0 saturated heterocycles. The van der Waals surface area contributed by atoms with Crippen LogP contribution in [-0.4, -0.2) is 32.8 Å². The van der Waals surface area contributed by atoms with Crippen LogP contribution >= 0.6 is 15.9 Å². The van der Waals surface area contributed by atoms with Gasteiger partial charge in [0.15, 0.2) is 0 Å². The second kappa shape index (κ2) is 9.67. The van der Waals surface area contributed by atoms with Gasteiger partial charge in [-0.3, -0.25) is 0 Å². The zero-order chi connectivity index (χ0) is 21.7. The lowest BCUT2D eigenvalue weighted by Crippen LogP contribution is -2.45. The van der Waals surface area contributed by atoms with Crippen molar-refractivity contribution in [1.29, 1.82) is 0 Å². The van der Waals surface area contributed by atoms with Crippen molar-refractivity contribution >= 4 is 27.9 Å². The molecule has 7 nitrogen and oxygen atoms in total. The van der Waals surface area contributed by atoms with Gasteiger partial charge in [0.2, 0.25) is 0 Å². The Morgan fingerprint density at radius 1 is 1.07 bits per heavy atom. The van der Waals surface area contributed by atoms with Crippen molar-refractivity contribution in [1.82, 2.24) is 10.6 Å². The van der Waals surface area contributed by atoms with Gasteiger partial charge in [-0.25, -0.2) is 9.59 Å². The Morgan fingerprint density at radius 2 is 1.73 bits per heavy atom. The first-order chi connectivity index (χ1) is 14.5. The second-order valence-electron chi connectivity index (χ2n) is 6.64. The van der Waals surface area contributed by atoms with Crippen molar-refractivity contribution in [2.45, 2.75) is 19.4 Å². The fourth-order valence-corrected chi connectivity index (χ4v) is 4.04. The zero-order valence-electron chi connectivity index (χ0n) is 17.0. The van der Waals surface area contributed by atoms with E-state index in [2.05, 4.69) is 26.6 Å². The molecular formula is C22H23BrN2O5. The van der Waals surface area contributed by atoms with E-state index in [1.165, 1.54) is 14.2 Å². The Hall–Kier alpha value is -3.00. The third-order valence-electron chi connectivity index (χ3n) is 4.79. The number of methoxy groups -OCH3 is 2. The minimum atomic E-state index is -0.776. The van der Waals surface area contributed by atoms with E-state index in [9.17, 15) is 9.59 Å². The topological polar surface area (TPSA) is 85.9 Å². The molecule has 2 N–H and O–H groups in total. The fourth-order valence-electron chi connectivity index (χ4n) is 3.32. The van der Waals surface area contributed by atoms with Crippen LogP contribution in [0.15, 0.2) is 58.2 Å². The molecule has 0 radical (unpaired) electrons. The molecule has 3 rings (SSSR count). The molecule has 1 atom stereocenters. The van der Waals surface area contributed by atoms with E-state index >= 15 is 0 Å². The van der Waals surface area contributed by atoms with Crippen LogP contribution in [0.5, 0.6) is 11.5 Å². The summed E-state index contributed by atoms with van der Waals surface area (Å²) in [6, 6.07) is 12.0. The molecule has 0 saturated carbocycles. The summed E-state index contributed by atoms with van der Waals surface area (Å²) in [5, 5.41) is 5.44. The van der Waals surface area contributed by atoms with Crippen molar-refractivity contribution in [3.8, 4) is 11.5 Å². The predicted molar refractivity (Wildman–Crippen MR) is 115 cm³/mol. The summed E-state index contributed by atoms with van der Waals surface area (Å²) in [4.78, 5) is 25.2. The SMILES string of the molecule is COc1ccc(OC)c(C2NC(=O)NC(C)=C2C(=O)OCCc2ccccc2)c1Br. The number of esters is 1. The highest BCUT2D eigenvalue weighted by Crippen LogP contribution is 2.42. The van der Waals surface area contributed by atoms with Crippen LogP contribution in [0.1, 0.15) is 24.1 Å². The van der Waals surface area contributed by atoms with E-state index in [1.807, 2.05) is 30.3 Å². The summed E-state index contributed by atoms with van der Waals surface area (Å²) in [6.45, 7) is 1.89. The van der Waals surface area contributed by atoms with Crippen molar-refractivity contribution in [2.75, 3.05) is 20.8 Å². The molecule has 0 spiro atoms. The van der Waals surface area contributed by atoms with E-state index in [4.69, 9.17) is 14.2 Å². The van der Waals surface area contributed by atoms with Crippen LogP contribution in [0.2, 0.25) is 0 Å². The van der Waals surface area contributed by atoms with Gasteiger partial charge in [-0.2, -0.15) is 0 Å². The maximum absolute atomic E-state index is 13.0. The van der Waals surface area contributed by atoms with Crippen LogP contribution in [0.4, 0.5) is 4.79 Å². The summed E-state index contributed by atoms with van der Waals surface area (Å²) < 4.78 is 17.0. The smallest absolute Gasteiger partial charge is 0.338 e. The van der Waals surface area contributed by atoms with Crippen molar-refractivity contribution in [3.63, 3.8) is 0 Å². The standard InChI is InChI=1S/C22H23BrN2O5/c1-13-17(21(26)30-12-11-14-7-5-4-6-8-14)20(25-22(27)24-13)18-15(28-2)9-10-16(29-3)19(18)23/h4-10,20H,11-12H2,1-3H3,(H2,24,25,27). The quantitative estimate of drug-likeness (QED) is 0.594. The second-order valence-corrected chi connectivity index (χ2v) is 7.43. The molecule has 1 aliphatic rings. The molecule has 0 fully saturated rings. The number of carbonyl (C=O) groups excluding carboxylic acids is 2. The minimum absolute atomic E-state index is 0.219. The van der Waals surface area contributed by atoms with Crippen molar-refractivity contribution in [2.24, 2.45) is 0 Å². The molecule has 1 unspecified atom stereocenters. The lowest BCUT2D eigenvalue weighted by Gasteiger charge is -2.30. The van der Waals surface area contributed by atoms with Gasteiger partial charge in [0.1, 0.15) is 11.5 Å². The highest BCUT2D eigenvalue weighted by molar-refractivity contribution is 9.10. The van der Waals surface area contributed by atoms with Crippen molar-refractivity contribution < 1.29 is 23.8 Å². The highest BCUT2D eigenvalue weighted by atomic mass is 79.9. The van der Waals surface area contributed by atoms with Gasteiger partial charge in [-0.05, 0) is 40.5 Å². The monoisotopic (exact) mass is 474 g/mol. The number of allylic oxidation sites excluding steroid dienone is 1. The van der Waals surface area contributed by atoms with Crippen molar-refractivity contribution in [3.05, 3.63) is 69.3 Å². The normalized spacial score (nSPS) is 15.9. The van der Waals surface area contributed by atoms with Crippen LogP contribution in [-0.2, 0) is 16.0 Å². The molecule has 1 aliphatic heterocycles. The fraction of sp³-hybridized carbons (Fsp3) is 0.273. The van der Waals surface area contributed by atoms with Gasteiger partial charge >= 0.3 is 12.0 Å². The predicted octanol–water partition coefficient (Wildman–Crippen LogP) is 3.88. The number of rotatable bonds is 7. The maximum atomic E-state index is 13.0. The Kier molecular flexibility index (Phi) is 6.99. The summed E-state index contributed by atoms with van der Waals surface area (Å²) in [5.74, 6) is 0.531. The number of ether oxygens (including phenoxy) is 3. The lowest BCUT2D eigenvalue weighted by atomic mass is 9.94. The van der Waals surface area contributed by atoms with Gasteiger partial charge in [0.05, 0.1) is 36.9 Å². The lowest BCUT2D eigenvalue weighted by molar-refractivity contribution is -0.139. The third-order valence-corrected chi connectivity index (χ3v) is 5.61. The molecule has 2 aromatic carbocycles. The average molecular weight is 475 g/mol. The Labute approximate surface area is 183 Å². The zero-order valence-corrected chi connectivity index (χ0v) is 18.5. The van der Waals surface area contributed by atoms with E-state index in [0.29, 0.717) is 39.2 Å². The number of benzene rings is 2. The Balaban J connectivity index is 1.91. The van der Waals surface area contributed by atoms with Gasteiger partial charge in [0.25, 0.3) is 0 Å². The average Bonchev–Trinajstić information content (AvgIpc) is 2.73. The molecule has 30 heavy (non-hydrogen) atoms. The van der Waals surface area contributed by atoms with Gasteiger partial charge < -0.3 is 24.8 Å². The van der Waals surface area contributed by atoms with E-state index in [0.717, 1.165) is 5.56 Å². The molecule has 8 heteroatoms. The van der Waals surface area contributed by atoms with E-state index in [-0.39, 0.29) is 6.61 Å². The molecule has 2 amide bonds. The first-order valence-electron chi connectivity index (χ1n) is 9.36. The highest BCUT2D eigenvalue weighted by Gasteiger charge is 2.36. The van der Waals surface area contributed by atoms with Crippen LogP contribution in [0, 0.1) is 0 Å². The first-order valence-corrected chi connectivity index (χ1v) is 10.1. The summed E-state index contributed by atoms with van der Waals surface area (Å²) in [7, 11) is 3.06. The summed E-state index contributed by atoms with van der Waals surface area (Å²) in [6.07, 6.45) is 0.593. The minimum Gasteiger partial charge on any atom is -0.496 e. The number of amides is 2. The molecule has 1 heterocycles. The molecular weight excluding hydrogens is 452 g/mol.